The van der Waals surface area contributed by atoms with Crippen LogP contribution in [0.5, 0.6) is 5.75 Å². The zero-order valence-corrected chi connectivity index (χ0v) is 27.1. The SMILES string of the molecule is CCN1CCCC2(CCCN(c3cc(F)c(C4c5ccc(OCc6ccccc6)cc5CCN4CC(C)(C)F)c(F)c3)C2)CC1. The maximum absolute atomic E-state index is 16.3. The normalized spacial score (nSPS) is 23.2. The number of fused-ring (bicyclic) bond motifs is 1. The van der Waals surface area contributed by atoms with Gasteiger partial charge in [0, 0.05) is 37.4 Å². The van der Waals surface area contributed by atoms with Gasteiger partial charge in [0.1, 0.15) is 29.7 Å². The number of benzene rings is 3. The summed E-state index contributed by atoms with van der Waals surface area (Å²) >= 11 is 0. The maximum atomic E-state index is 16.3. The lowest BCUT2D eigenvalue weighted by Gasteiger charge is -2.44. The van der Waals surface area contributed by atoms with E-state index in [4.69, 9.17) is 4.74 Å². The van der Waals surface area contributed by atoms with E-state index in [0.29, 0.717) is 31.0 Å². The van der Waals surface area contributed by atoms with Gasteiger partial charge in [-0.2, -0.15) is 0 Å². The van der Waals surface area contributed by atoms with Gasteiger partial charge < -0.3 is 14.5 Å². The van der Waals surface area contributed by atoms with Gasteiger partial charge in [0.2, 0.25) is 0 Å². The van der Waals surface area contributed by atoms with Gasteiger partial charge >= 0.3 is 0 Å². The van der Waals surface area contributed by atoms with E-state index in [2.05, 4.69) is 16.7 Å². The van der Waals surface area contributed by atoms with Crippen LogP contribution in [-0.4, -0.2) is 61.3 Å². The fraction of sp³-hybridized carbons (Fsp3) is 0.526. The minimum Gasteiger partial charge on any atom is -0.489 e. The average Bonchev–Trinajstić information content (AvgIpc) is 3.22. The minimum absolute atomic E-state index is 0.00156. The summed E-state index contributed by atoms with van der Waals surface area (Å²) in [6.07, 6.45) is 6.31. The summed E-state index contributed by atoms with van der Waals surface area (Å²) in [5.41, 5.74) is 2.14. The summed E-state index contributed by atoms with van der Waals surface area (Å²) in [5, 5.41) is 0. The van der Waals surface area contributed by atoms with E-state index in [1.807, 2.05) is 53.4 Å². The van der Waals surface area contributed by atoms with Crippen LogP contribution in [-0.2, 0) is 13.0 Å². The molecular weight excluding hydrogens is 571 g/mol. The van der Waals surface area contributed by atoms with Crippen molar-refractivity contribution < 1.29 is 17.9 Å². The Labute approximate surface area is 267 Å². The van der Waals surface area contributed by atoms with Crippen LogP contribution in [0, 0.1) is 17.0 Å². The molecule has 2 unspecified atom stereocenters. The number of nitrogens with zero attached hydrogens (tertiary/aromatic N) is 3. The Morgan fingerprint density at radius 2 is 1.62 bits per heavy atom. The number of hydrogen-bond donors (Lipinski definition) is 0. The van der Waals surface area contributed by atoms with Crippen LogP contribution in [0.25, 0.3) is 0 Å². The van der Waals surface area contributed by atoms with Crippen LogP contribution in [0.3, 0.4) is 0 Å². The Morgan fingerprint density at radius 3 is 2.33 bits per heavy atom. The largest absolute Gasteiger partial charge is 0.489 e. The summed E-state index contributed by atoms with van der Waals surface area (Å²) in [4.78, 5) is 6.62. The highest BCUT2D eigenvalue weighted by Crippen LogP contribution is 2.44. The number of hydrogen-bond acceptors (Lipinski definition) is 4. The molecule has 2 saturated heterocycles. The van der Waals surface area contributed by atoms with Crippen molar-refractivity contribution in [2.24, 2.45) is 5.41 Å². The van der Waals surface area contributed by atoms with Crippen molar-refractivity contribution in [1.82, 2.24) is 9.80 Å². The molecule has 4 nitrogen and oxygen atoms in total. The third kappa shape index (κ3) is 7.36. The van der Waals surface area contributed by atoms with Gasteiger partial charge in [-0.1, -0.05) is 43.3 Å². The van der Waals surface area contributed by atoms with Crippen molar-refractivity contribution in [2.45, 2.75) is 77.6 Å². The first-order chi connectivity index (χ1) is 21.6. The van der Waals surface area contributed by atoms with Crippen LogP contribution in [0.1, 0.15) is 81.2 Å². The Morgan fingerprint density at radius 1 is 0.889 bits per heavy atom. The Kier molecular flexibility index (Phi) is 9.49. The van der Waals surface area contributed by atoms with E-state index < -0.39 is 23.3 Å². The van der Waals surface area contributed by atoms with Crippen LogP contribution in [0.15, 0.2) is 60.7 Å². The fourth-order valence-corrected chi connectivity index (χ4v) is 7.95. The molecular formula is C38H48F3N3O. The lowest BCUT2D eigenvalue weighted by Crippen LogP contribution is -2.44. The van der Waals surface area contributed by atoms with Crippen molar-refractivity contribution in [1.29, 1.82) is 0 Å². The molecule has 3 aliphatic rings. The van der Waals surface area contributed by atoms with E-state index in [1.54, 1.807) is 0 Å². The lowest BCUT2D eigenvalue weighted by atomic mass is 9.74. The number of piperidine rings is 1. The van der Waals surface area contributed by atoms with Crippen LogP contribution in [0.4, 0.5) is 18.9 Å². The summed E-state index contributed by atoms with van der Waals surface area (Å²) < 4.78 is 53.8. The standard InChI is InChI=1S/C38H48F3N3O/c1-4-42-18-8-15-38(17-21-42)16-9-19-43(27-38)30-23-33(39)35(34(40)24-30)36-32-13-12-31(45-25-28-10-6-5-7-11-28)22-29(32)14-20-44(36)26-37(2,3)41/h5-7,10-13,22-24,36H,4,8-9,14-21,25-27H2,1-3H3. The number of ether oxygens (including phenoxy) is 1. The third-order valence-electron chi connectivity index (χ3n) is 10.2. The van der Waals surface area contributed by atoms with Crippen molar-refractivity contribution in [2.75, 3.05) is 50.7 Å². The molecule has 3 heterocycles. The Hall–Kier alpha value is -3.03. The predicted octanol–water partition coefficient (Wildman–Crippen LogP) is 8.33. The van der Waals surface area contributed by atoms with Gasteiger partial charge in [-0.05, 0) is 118 Å². The zero-order chi connectivity index (χ0) is 31.6. The highest BCUT2D eigenvalue weighted by atomic mass is 19.1. The molecule has 6 rings (SSSR count). The van der Waals surface area contributed by atoms with Crippen molar-refractivity contribution in [3.63, 3.8) is 0 Å². The van der Waals surface area contributed by atoms with Gasteiger partial charge in [0.15, 0.2) is 0 Å². The molecule has 242 valence electrons. The monoisotopic (exact) mass is 619 g/mol. The van der Waals surface area contributed by atoms with Gasteiger partial charge in [-0.15, -0.1) is 0 Å². The maximum Gasteiger partial charge on any atom is 0.133 e. The molecule has 3 aromatic carbocycles. The molecule has 7 heteroatoms. The van der Waals surface area contributed by atoms with E-state index >= 15 is 13.2 Å². The summed E-state index contributed by atoms with van der Waals surface area (Å²) in [6.45, 7) is 11.2. The number of anilines is 1. The average molecular weight is 620 g/mol. The second-order valence-electron chi connectivity index (χ2n) is 14.1. The summed E-state index contributed by atoms with van der Waals surface area (Å²) in [7, 11) is 0. The number of halogens is 3. The molecule has 0 amide bonds. The molecule has 2 atom stereocenters. The number of alkyl halides is 1. The molecule has 0 bridgehead atoms. The van der Waals surface area contributed by atoms with Crippen molar-refractivity contribution >= 4 is 5.69 Å². The second kappa shape index (κ2) is 13.4. The molecule has 3 aliphatic heterocycles. The van der Waals surface area contributed by atoms with Gasteiger partial charge in [0.25, 0.3) is 0 Å². The van der Waals surface area contributed by atoms with Crippen molar-refractivity contribution in [3.05, 3.63) is 94.6 Å². The third-order valence-corrected chi connectivity index (χ3v) is 10.2. The van der Waals surface area contributed by atoms with Gasteiger partial charge in [0.05, 0.1) is 6.04 Å². The Balaban J connectivity index is 1.28. The number of rotatable bonds is 8. The molecule has 0 N–H and O–H groups in total. The molecule has 0 saturated carbocycles. The fourth-order valence-electron chi connectivity index (χ4n) is 7.95. The van der Waals surface area contributed by atoms with Crippen molar-refractivity contribution in [3.8, 4) is 5.75 Å². The summed E-state index contributed by atoms with van der Waals surface area (Å²) in [5.74, 6) is -0.412. The molecule has 0 aliphatic carbocycles. The quantitative estimate of drug-likeness (QED) is 0.252. The summed E-state index contributed by atoms with van der Waals surface area (Å²) in [6, 6.07) is 18.0. The van der Waals surface area contributed by atoms with Crippen LogP contribution < -0.4 is 9.64 Å². The highest BCUT2D eigenvalue weighted by Gasteiger charge is 2.39. The molecule has 1 spiro atoms. The van der Waals surface area contributed by atoms with Gasteiger partial charge in [-0.25, -0.2) is 13.2 Å². The minimum atomic E-state index is -1.52. The second-order valence-corrected chi connectivity index (χ2v) is 14.1. The first-order valence-electron chi connectivity index (χ1n) is 16.8. The molecule has 0 radical (unpaired) electrons. The van der Waals surface area contributed by atoms with E-state index in [-0.39, 0.29) is 17.5 Å². The topological polar surface area (TPSA) is 19.0 Å². The number of likely N-dealkylation sites (tertiary alicyclic amines) is 1. The zero-order valence-electron chi connectivity index (χ0n) is 27.1. The smallest absolute Gasteiger partial charge is 0.133 e. The first-order valence-corrected chi connectivity index (χ1v) is 16.8. The van der Waals surface area contributed by atoms with E-state index in [9.17, 15) is 0 Å². The lowest BCUT2D eigenvalue weighted by molar-refractivity contribution is 0.0972. The molecule has 3 aromatic rings. The van der Waals surface area contributed by atoms with Crippen LogP contribution >= 0.6 is 0 Å². The van der Waals surface area contributed by atoms with E-state index in [0.717, 1.165) is 68.7 Å². The van der Waals surface area contributed by atoms with Crippen LogP contribution in [0.2, 0.25) is 0 Å². The van der Waals surface area contributed by atoms with Gasteiger partial charge in [-0.3, -0.25) is 4.90 Å². The molecule has 0 aromatic heterocycles. The molecule has 45 heavy (non-hydrogen) atoms. The highest BCUT2D eigenvalue weighted by molar-refractivity contribution is 5.53. The molecule has 2 fully saturated rings. The van der Waals surface area contributed by atoms with E-state index in [1.165, 1.54) is 38.8 Å². The first kappa shape index (κ1) is 31.9. The Bertz CT molecular complexity index is 1440. The predicted molar refractivity (Wildman–Crippen MR) is 176 cm³/mol.